The van der Waals surface area contributed by atoms with E-state index in [1.807, 2.05) is 0 Å². The summed E-state index contributed by atoms with van der Waals surface area (Å²) in [7, 11) is -4.18. The maximum Gasteiger partial charge on any atom is 0.413 e. The Hall–Kier alpha value is -3.34. The third-order valence-corrected chi connectivity index (χ3v) is 10.5. The molecule has 2 heterocycles. The van der Waals surface area contributed by atoms with Gasteiger partial charge in [-0.2, -0.15) is 0 Å². The molecule has 1 amide bonds. The van der Waals surface area contributed by atoms with Gasteiger partial charge in [0.15, 0.2) is 0 Å². The van der Waals surface area contributed by atoms with Crippen molar-refractivity contribution in [3.8, 4) is 0 Å². The molecule has 0 spiro atoms. The second-order valence-corrected chi connectivity index (χ2v) is 14.5. The summed E-state index contributed by atoms with van der Waals surface area (Å²) in [4.78, 5) is 27.6. The Kier molecular flexibility index (Phi) is 8.59. The SMILES string of the molecule is CSc1sc(C(=N)NC(=O)OC(C)(C)C)cc1S(=O)(=O)c1cc(Br)c2c(c1)ncn2C(c1ccccc1F)[N+](=O)[O-]. The van der Waals surface area contributed by atoms with Crippen LogP contribution in [0.5, 0.6) is 0 Å². The first-order valence-electron chi connectivity index (χ1n) is 11.7. The van der Waals surface area contributed by atoms with E-state index in [0.717, 1.165) is 40.1 Å². The molecule has 0 aliphatic carbocycles. The molecule has 2 aromatic carbocycles. The average Bonchev–Trinajstić information content (AvgIpc) is 3.49. The molecule has 41 heavy (non-hydrogen) atoms. The molecule has 4 rings (SSSR count). The van der Waals surface area contributed by atoms with Crippen LogP contribution >= 0.6 is 39.0 Å². The molecule has 11 nitrogen and oxygen atoms in total. The van der Waals surface area contributed by atoms with Crippen LogP contribution in [0.2, 0.25) is 0 Å². The minimum Gasteiger partial charge on any atom is -0.444 e. The van der Waals surface area contributed by atoms with Gasteiger partial charge in [-0.25, -0.2) is 22.6 Å². The highest BCUT2D eigenvalue weighted by molar-refractivity contribution is 9.10. The molecule has 0 fully saturated rings. The van der Waals surface area contributed by atoms with Crippen LogP contribution in [-0.2, 0) is 14.6 Å². The number of amides is 1. The Bertz CT molecular complexity index is 1800. The monoisotopic (exact) mass is 683 g/mol. The molecule has 1 atom stereocenters. The van der Waals surface area contributed by atoms with Crippen LogP contribution in [0.25, 0.3) is 11.0 Å². The number of alkyl carbamates (subject to hydrolysis) is 1. The Morgan fingerprint density at radius 3 is 2.59 bits per heavy atom. The van der Waals surface area contributed by atoms with Crippen molar-refractivity contribution in [2.24, 2.45) is 0 Å². The predicted octanol–water partition coefficient (Wildman–Crippen LogP) is 6.23. The van der Waals surface area contributed by atoms with Gasteiger partial charge in [0.1, 0.15) is 23.6 Å². The number of fused-ring (bicyclic) bond motifs is 1. The van der Waals surface area contributed by atoms with E-state index in [1.54, 1.807) is 27.0 Å². The number of rotatable bonds is 7. The number of nitro groups is 1. The fourth-order valence-electron chi connectivity index (χ4n) is 3.89. The molecular formula is C25H23BrFN5O6S3. The van der Waals surface area contributed by atoms with Gasteiger partial charge in [-0.05, 0) is 73.3 Å². The van der Waals surface area contributed by atoms with Crippen LogP contribution in [0, 0.1) is 21.3 Å². The number of ether oxygens (including phenoxy) is 1. The predicted molar refractivity (Wildman–Crippen MR) is 157 cm³/mol. The van der Waals surface area contributed by atoms with Crippen LogP contribution < -0.4 is 5.32 Å². The van der Waals surface area contributed by atoms with Crippen LogP contribution in [0.3, 0.4) is 0 Å². The average molecular weight is 685 g/mol. The van der Waals surface area contributed by atoms with Gasteiger partial charge < -0.3 is 4.74 Å². The minimum atomic E-state index is -4.18. The number of amidine groups is 1. The first-order chi connectivity index (χ1) is 19.1. The number of carbonyl (C=O) groups is 1. The molecule has 0 aliphatic heterocycles. The van der Waals surface area contributed by atoms with Crippen molar-refractivity contribution >= 4 is 71.8 Å². The third-order valence-electron chi connectivity index (χ3n) is 5.57. The number of carbonyl (C=O) groups excluding carboxylic acids is 1. The molecular weight excluding hydrogens is 661 g/mol. The molecule has 2 aromatic heterocycles. The number of thioether (sulfide) groups is 1. The first kappa shape index (κ1) is 30.6. The van der Waals surface area contributed by atoms with Gasteiger partial charge in [0.2, 0.25) is 9.84 Å². The zero-order chi connectivity index (χ0) is 30.3. The smallest absolute Gasteiger partial charge is 0.413 e. The lowest BCUT2D eigenvalue weighted by Crippen LogP contribution is -2.36. The second-order valence-electron chi connectivity index (χ2n) is 9.58. The number of halogens is 2. The largest absolute Gasteiger partial charge is 0.444 e. The highest BCUT2D eigenvalue weighted by Gasteiger charge is 2.32. The van der Waals surface area contributed by atoms with Gasteiger partial charge >= 0.3 is 12.3 Å². The van der Waals surface area contributed by atoms with Crippen LogP contribution in [0.1, 0.15) is 37.4 Å². The lowest BCUT2D eigenvalue weighted by atomic mass is 10.1. The van der Waals surface area contributed by atoms with Gasteiger partial charge in [-0.3, -0.25) is 25.4 Å². The van der Waals surface area contributed by atoms with E-state index >= 15 is 0 Å². The van der Waals surface area contributed by atoms with Crippen molar-refractivity contribution < 1.29 is 27.3 Å². The quantitative estimate of drug-likeness (QED) is 0.0763. The molecule has 2 N–H and O–H groups in total. The Balaban J connectivity index is 1.74. The number of nitrogens with zero attached hydrogens (tertiary/aromatic N) is 3. The Morgan fingerprint density at radius 1 is 1.29 bits per heavy atom. The number of benzene rings is 2. The van der Waals surface area contributed by atoms with E-state index in [9.17, 15) is 27.7 Å². The third kappa shape index (κ3) is 6.29. The highest BCUT2D eigenvalue weighted by atomic mass is 79.9. The summed E-state index contributed by atoms with van der Waals surface area (Å²) in [5.74, 6) is -1.09. The summed E-state index contributed by atoms with van der Waals surface area (Å²) in [6.07, 6.45) is 0.344. The van der Waals surface area contributed by atoms with E-state index in [-0.39, 0.29) is 41.6 Å². The molecule has 0 aliphatic rings. The maximum atomic E-state index is 14.5. The second kappa shape index (κ2) is 11.5. The number of aromatic nitrogens is 2. The van der Waals surface area contributed by atoms with Gasteiger partial charge in [0.05, 0.1) is 40.4 Å². The summed E-state index contributed by atoms with van der Waals surface area (Å²) in [5.41, 5.74) is -0.639. The summed E-state index contributed by atoms with van der Waals surface area (Å²) in [6, 6.07) is 9.18. The maximum absolute atomic E-state index is 14.5. The van der Waals surface area contributed by atoms with Crippen molar-refractivity contribution in [1.29, 1.82) is 5.41 Å². The number of hydrogen-bond acceptors (Lipinski definition) is 10. The summed E-state index contributed by atoms with van der Waals surface area (Å²) in [6.45, 7) is 5.02. The Morgan fingerprint density at radius 2 is 1.98 bits per heavy atom. The fourth-order valence-corrected chi connectivity index (χ4v) is 8.64. The van der Waals surface area contributed by atoms with Crippen molar-refractivity contribution in [3.63, 3.8) is 0 Å². The fraction of sp³-hybridized carbons (Fsp3) is 0.240. The lowest BCUT2D eigenvalue weighted by molar-refractivity contribution is -0.535. The van der Waals surface area contributed by atoms with E-state index in [4.69, 9.17) is 10.1 Å². The molecule has 216 valence electrons. The first-order valence-corrected chi connectivity index (χ1v) is 16.0. The Labute approximate surface area is 250 Å². The van der Waals surface area contributed by atoms with Crippen LogP contribution in [-0.4, -0.2) is 46.7 Å². The molecule has 16 heteroatoms. The molecule has 0 saturated heterocycles. The van der Waals surface area contributed by atoms with Gasteiger partial charge in [0, 0.05) is 4.47 Å². The molecule has 1 unspecified atom stereocenters. The van der Waals surface area contributed by atoms with E-state index in [2.05, 4.69) is 26.2 Å². The minimum absolute atomic E-state index is 0.0825. The zero-order valence-electron chi connectivity index (χ0n) is 22.0. The summed E-state index contributed by atoms with van der Waals surface area (Å²) in [5, 5.41) is 22.6. The van der Waals surface area contributed by atoms with E-state index in [1.165, 1.54) is 36.4 Å². The number of imidazole rings is 1. The van der Waals surface area contributed by atoms with E-state index in [0.29, 0.717) is 4.21 Å². The number of thiophene rings is 1. The normalized spacial score (nSPS) is 12.7. The van der Waals surface area contributed by atoms with Crippen molar-refractivity contribution in [2.75, 3.05) is 6.26 Å². The topological polar surface area (TPSA) is 157 Å². The molecule has 0 radical (unpaired) electrons. The molecule has 4 aromatic rings. The standard InChI is InChI=1S/C25H23BrFN5O6S3/c1-25(2,3)38-24(33)30-21(28)18-11-19(23(39-4)40-18)41(36,37)13-9-15(26)20-17(10-13)29-12-31(20)22(32(34)35)14-7-5-6-8-16(14)27/h5-12,22H,1-4H3,(H2,28,30,33). The molecule has 0 bridgehead atoms. The van der Waals surface area contributed by atoms with Gasteiger partial charge in [0.25, 0.3) is 0 Å². The van der Waals surface area contributed by atoms with Crippen LogP contribution in [0.15, 0.2) is 67.3 Å². The number of nitrogens with one attached hydrogen (secondary N) is 2. The van der Waals surface area contributed by atoms with E-state index < -0.39 is 38.4 Å². The lowest BCUT2D eigenvalue weighted by Gasteiger charge is -2.19. The molecule has 0 saturated carbocycles. The number of hydrogen-bond donors (Lipinski definition) is 2. The van der Waals surface area contributed by atoms with Crippen molar-refractivity contribution in [2.45, 2.75) is 46.5 Å². The van der Waals surface area contributed by atoms with Crippen molar-refractivity contribution in [3.05, 3.63) is 79.6 Å². The van der Waals surface area contributed by atoms with Gasteiger partial charge in [-0.15, -0.1) is 23.1 Å². The summed E-state index contributed by atoms with van der Waals surface area (Å²) >= 11 is 5.50. The van der Waals surface area contributed by atoms with Gasteiger partial charge in [-0.1, -0.05) is 12.1 Å². The highest BCUT2D eigenvalue weighted by Crippen LogP contribution is 2.39. The van der Waals surface area contributed by atoms with Crippen LogP contribution in [0.4, 0.5) is 9.18 Å². The number of sulfone groups is 1. The van der Waals surface area contributed by atoms with Crippen molar-refractivity contribution in [1.82, 2.24) is 14.9 Å². The summed E-state index contributed by atoms with van der Waals surface area (Å²) < 4.78 is 48.9. The zero-order valence-corrected chi connectivity index (χ0v) is 26.0.